The van der Waals surface area contributed by atoms with Crippen LogP contribution in [0.1, 0.15) is 25.3 Å². The normalized spacial score (nSPS) is 25.6. The lowest BCUT2D eigenvalue weighted by molar-refractivity contribution is -0.837. The summed E-state index contributed by atoms with van der Waals surface area (Å²) in [5, 5.41) is 10.8. The van der Waals surface area contributed by atoms with Crippen LogP contribution in [0.25, 0.3) is 0 Å². The highest BCUT2D eigenvalue weighted by molar-refractivity contribution is 5.89. The molecule has 0 spiro atoms. The van der Waals surface area contributed by atoms with E-state index in [9.17, 15) is 27.5 Å². The number of halogens is 4. The number of likely N-dealkylation sites (N-methyl/N-ethyl adjacent to an activating group) is 1. The Morgan fingerprint density at radius 1 is 1.30 bits per heavy atom. The highest BCUT2D eigenvalue weighted by atomic mass is 19.4. The minimum atomic E-state index is -4.47. The van der Waals surface area contributed by atoms with Crippen LogP contribution in [0.15, 0.2) is 53.2 Å². The molecule has 30 heavy (non-hydrogen) atoms. The number of quaternary nitrogens is 1. The quantitative estimate of drug-likeness (QED) is 0.590. The number of likely N-dealkylation sites (tertiary alicyclic amines) is 1. The number of hydrogen-bond acceptors (Lipinski definition) is 4. The van der Waals surface area contributed by atoms with Crippen LogP contribution in [-0.2, 0) is 15.1 Å². The zero-order valence-electron chi connectivity index (χ0n) is 16.6. The molecule has 2 aliphatic rings. The smallest absolute Gasteiger partial charge is 0.422 e. The van der Waals surface area contributed by atoms with Gasteiger partial charge in [0.2, 0.25) is 5.90 Å². The van der Waals surface area contributed by atoms with Crippen LogP contribution in [0.2, 0.25) is 0 Å². The fraction of sp³-hybridized carbons (Fsp3) is 0.429. The van der Waals surface area contributed by atoms with Gasteiger partial charge < -0.3 is 9.84 Å². The summed E-state index contributed by atoms with van der Waals surface area (Å²) in [4.78, 5) is 17.1. The number of aliphatic hydroxyl groups is 1. The molecule has 2 unspecified atom stereocenters. The van der Waals surface area contributed by atoms with Gasteiger partial charge in [0, 0.05) is 24.3 Å². The molecule has 2 aliphatic heterocycles. The van der Waals surface area contributed by atoms with Crippen molar-refractivity contribution in [3.63, 3.8) is 0 Å². The van der Waals surface area contributed by atoms with Crippen LogP contribution in [0, 0.1) is 5.82 Å². The SMILES string of the molecule is C[C@@](O)(CC(=O)[N+]1(C)CCC2=CC(OCC(F)(F)F)=NC=CC21)c1ccc(F)cc1. The summed E-state index contributed by atoms with van der Waals surface area (Å²) < 4.78 is 55.1. The fourth-order valence-electron chi connectivity index (χ4n) is 3.78. The maximum Gasteiger partial charge on any atom is 0.422 e. The Labute approximate surface area is 171 Å². The van der Waals surface area contributed by atoms with E-state index in [2.05, 4.69) is 4.99 Å². The largest absolute Gasteiger partial charge is 0.468 e. The van der Waals surface area contributed by atoms with E-state index in [0.717, 1.165) is 5.57 Å². The molecule has 1 aromatic rings. The van der Waals surface area contributed by atoms with Crippen molar-refractivity contribution in [1.29, 1.82) is 0 Å². The Balaban J connectivity index is 1.76. The van der Waals surface area contributed by atoms with Crippen molar-refractivity contribution in [1.82, 2.24) is 0 Å². The molecule has 0 saturated carbocycles. The average Bonchev–Trinajstić information content (AvgIpc) is 2.84. The molecule has 1 N–H and O–H groups in total. The molecule has 0 aromatic heterocycles. The van der Waals surface area contributed by atoms with E-state index in [0.29, 0.717) is 18.5 Å². The molecule has 9 heteroatoms. The van der Waals surface area contributed by atoms with Gasteiger partial charge in [0.25, 0.3) is 0 Å². The third-order valence-corrected chi connectivity index (χ3v) is 5.55. The number of hydrogen-bond donors (Lipinski definition) is 1. The number of benzene rings is 1. The Kier molecular flexibility index (Phi) is 5.88. The second-order valence-electron chi connectivity index (χ2n) is 7.97. The third kappa shape index (κ3) is 4.79. The average molecular weight is 427 g/mol. The Morgan fingerprint density at radius 3 is 2.60 bits per heavy atom. The van der Waals surface area contributed by atoms with E-state index in [4.69, 9.17) is 4.74 Å². The molecule has 1 saturated heterocycles. The molecule has 162 valence electrons. The Hall–Kier alpha value is -2.52. The molecule has 2 heterocycles. The first-order valence-electron chi connectivity index (χ1n) is 9.42. The summed E-state index contributed by atoms with van der Waals surface area (Å²) in [5.41, 5.74) is -0.340. The molecule has 0 radical (unpaired) electrons. The predicted molar refractivity (Wildman–Crippen MR) is 102 cm³/mol. The van der Waals surface area contributed by atoms with Gasteiger partial charge in [-0.05, 0) is 30.7 Å². The standard InChI is InChI=1S/C21H23F4N2O3/c1-20(29,15-3-5-16(22)6-4-15)12-19(28)27(2)10-8-14-11-18(26-9-7-17(14)27)30-13-21(23,24)25/h3-7,9,11,17,29H,8,10,12-13H2,1-2H3/q+1/t17?,20-,27?/m1/s1. The maximum absolute atomic E-state index is 13.2. The monoisotopic (exact) mass is 427 g/mol. The molecular weight excluding hydrogens is 404 g/mol. The summed E-state index contributed by atoms with van der Waals surface area (Å²) in [6.45, 7) is 0.470. The van der Waals surface area contributed by atoms with Gasteiger partial charge in [-0.1, -0.05) is 12.1 Å². The van der Waals surface area contributed by atoms with Crippen molar-refractivity contribution in [2.75, 3.05) is 20.2 Å². The van der Waals surface area contributed by atoms with Gasteiger partial charge in [-0.3, -0.25) is 4.48 Å². The van der Waals surface area contributed by atoms with Crippen LogP contribution >= 0.6 is 0 Å². The van der Waals surface area contributed by atoms with E-state index >= 15 is 0 Å². The Morgan fingerprint density at radius 2 is 1.97 bits per heavy atom. The van der Waals surface area contributed by atoms with E-state index < -0.39 is 30.2 Å². The van der Waals surface area contributed by atoms with Gasteiger partial charge in [-0.25, -0.2) is 14.2 Å². The number of carbonyl (C=O) groups is 1. The molecule has 5 nitrogen and oxygen atoms in total. The van der Waals surface area contributed by atoms with Crippen LogP contribution in [-0.4, -0.2) is 53.8 Å². The fourth-order valence-corrected chi connectivity index (χ4v) is 3.78. The Bertz CT molecular complexity index is 904. The summed E-state index contributed by atoms with van der Waals surface area (Å²) in [7, 11) is 1.72. The van der Waals surface area contributed by atoms with Crippen molar-refractivity contribution in [3.8, 4) is 0 Å². The van der Waals surface area contributed by atoms with E-state index in [-0.39, 0.29) is 22.7 Å². The van der Waals surface area contributed by atoms with Gasteiger partial charge in [0.05, 0.1) is 25.6 Å². The lowest BCUT2D eigenvalue weighted by Gasteiger charge is -2.34. The minimum Gasteiger partial charge on any atom is -0.468 e. The highest BCUT2D eigenvalue weighted by Crippen LogP contribution is 2.36. The molecular formula is C21H23F4N2O3+. The van der Waals surface area contributed by atoms with Crippen LogP contribution in [0.4, 0.5) is 17.6 Å². The number of carbonyl (C=O) groups excluding carboxylic acids is 1. The summed E-state index contributed by atoms with van der Waals surface area (Å²) in [6, 6.07) is 4.88. The molecule has 1 fully saturated rings. The first-order valence-corrected chi connectivity index (χ1v) is 9.42. The van der Waals surface area contributed by atoms with Gasteiger partial charge in [-0.2, -0.15) is 13.2 Å². The number of amides is 1. The molecule has 1 aromatic carbocycles. The molecule has 0 aliphatic carbocycles. The lowest BCUT2D eigenvalue weighted by atomic mass is 9.91. The zero-order chi connectivity index (χ0) is 22.2. The third-order valence-electron chi connectivity index (χ3n) is 5.55. The van der Waals surface area contributed by atoms with Gasteiger partial charge >= 0.3 is 12.1 Å². The van der Waals surface area contributed by atoms with E-state index in [1.165, 1.54) is 43.5 Å². The van der Waals surface area contributed by atoms with E-state index in [1.807, 2.05) is 0 Å². The second-order valence-corrected chi connectivity index (χ2v) is 7.97. The van der Waals surface area contributed by atoms with Crippen molar-refractivity contribution >= 4 is 11.8 Å². The maximum atomic E-state index is 13.2. The van der Waals surface area contributed by atoms with Gasteiger partial charge in [0.15, 0.2) is 6.61 Å². The first-order chi connectivity index (χ1) is 13.9. The summed E-state index contributed by atoms with van der Waals surface area (Å²) in [6.07, 6.45) is 0.250. The van der Waals surface area contributed by atoms with E-state index in [1.54, 1.807) is 13.1 Å². The van der Waals surface area contributed by atoms with Crippen molar-refractivity contribution in [3.05, 3.63) is 59.6 Å². The number of ether oxygens (including phenoxy) is 1. The molecule has 3 atom stereocenters. The topological polar surface area (TPSA) is 58.9 Å². The van der Waals surface area contributed by atoms with Crippen LogP contribution in [0.5, 0.6) is 0 Å². The molecule has 3 rings (SSSR count). The second kappa shape index (κ2) is 7.96. The van der Waals surface area contributed by atoms with Gasteiger partial charge in [0.1, 0.15) is 11.9 Å². The van der Waals surface area contributed by atoms with Crippen molar-refractivity contribution in [2.24, 2.45) is 4.99 Å². The lowest BCUT2D eigenvalue weighted by Crippen LogP contribution is -2.54. The number of fused-ring (bicyclic) bond motifs is 1. The highest BCUT2D eigenvalue weighted by Gasteiger charge is 2.48. The number of rotatable bonds is 4. The van der Waals surface area contributed by atoms with Crippen LogP contribution < -0.4 is 0 Å². The number of nitrogens with zero attached hydrogens (tertiary/aromatic N) is 2. The zero-order valence-corrected chi connectivity index (χ0v) is 16.6. The van der Waals surface area contributed by atoms with Gasteiger partial charge in [-0.15, -0.1) is 0 Å². The molecule has 0 bridgehead atoms. The number of alkyl halides is 3. The van der Waals surface area contributed by atoms with Crippen molar-refractivity contribution in [2.45, 2.75) is 37.6 Å². The minimum absolute atomic E-state index is 0.0538. The summed E-state index contributed by atoms with van der Waals surface area (Å²) in [5.74, 6) is -0.844. The number of aliphatic imine (C=N–C) groups is 1. The first kappa shape index (κ1) is 22.2. The van der Waals surface area contributed by atoms with Crippen LogP contribution in [0.3, 0.4) is 0 Å². The predicted octanol–water partition coefficient (Wildman–Crippen LogP) is 3.60. The molecule has 1 amide bonds. The van der Waals surface area contributed by atoms with Crippen molar-refractivity contribution < 1.29 is 36.7 Å². The summed E-state index contributed by atoms with van der Waals surface area (Å²) >= 11 is 0.